The van der Waals surface area contributed by atoms with E-state index in [0.717, 1.165) is 29.5 Å². The number of nitrogens with zero attached hydrogens (tertiary/aromatic N) is 1. The summed E-state index contributed by atoms with van der Waals surface area (Å²) in [4.78, 5) is 1.27. The van der Waals surface area contributed by atoms with Gasteiger partial charge in [-0.3, -0.25) is 5.32 Å². The number of hydrogen-bond donors (Lipinski definition) is 1. The number of benzene rings is 1. The molecule has 0 fully saturated rings. The van der Waals surface area contributed by atoms with Gasteiger partial charge in [0.1, 0.15) is 5.54 Å². The molecule has 0 spiro atoms. The first-order valence-corrected chi connectivity index (χ1v) is 8.87. The number of hydrogen-bond acceptors (Lipinski definition) is 3. The lowest BCUT2D eigenvalue weighted by molar-refractivity contribution is 0.341. The highest BCUT2D eigenvalue weighted by Gasteiger charge is 2.27. The molecule has 0 bridgehead atoms. The van der Waals surface area contributed by atoms with Crippen LogP contribution >= 0.6 is 27.7 Å². The second kappa shape index (κ2) is 8.71. The maximum atomic E-state index is 9.46. The van der Waals surface area contributed by atoms with E-state index in [1.54, 1.807) is 0 Å². The highest BCUT2D eigenvalue weighted by Crippen LogP contribution is 2.28. The lowest BCUT2D eigenvalue weighted by Crippen LogP contribution is -2.47. The van der Waals surface area contributed by atoms with E-state index in [-0.39, 0.29) is 5.54 Å². The molecular formula is C16H23BrN2S. The Hall–Kier alpha value is -0.500. The van der Waals surface area contributed by atoms with Gasteiger partial charge in [-0.2, -0.15) is 5.26 Å². The minimum Gasteiger partial charge on any atom is -0.297 e. The molecule has 0 aliphatic rings. The average molecular weight is 355 g/mol. The molecule has 20 heavy (non-hydrogen) atoms. The molecule has 0 aromatic heterocycles. The van der Waals surface area contributed by atoms with E-state index in [4.69, 9.17) is 0 Å². The van der Waals surface area contributed by atoms with E-state index < -0.39 is 0 Å². The monoisotopic (exact) mass is 354 g/mol. The predicted octanol–water partition coefficient (Wildman–Crippen LogP) is 4.99. The molecule has 110 valence electrons. The molecule has 0 saturated carbocycles. The summed E-state index contributed by atoms with van der Waals surface area (Å²) >= 11 is 5.41. The summed E-state index contributed by atoms with van der Waals surface area (Å²) in [6.07, 6.45) is 2.78. The van der Waals surface area contributed by atoms with Crippen LogP contribution in [0.25, 0.3) is 0 Å². The van der Waals surface area contributed by atoms with Crippen molar-refractivity contribution in [1.82, 2.24) is 5.32 Å². The van der Waals surface area contributed by atoms with Gasteiger partial charge >= 0.3 is 0 Å². The number of rotatable bonds is 8. The first-order valence-electron chi connectivity index (χ1n) is 7.09. The first-order chi connectivity index (χ1) is 9.53. The molecule has 1 aromatic carbocycles. The fourth-order valence-electron chi connectivity index (χ4n) is 2.19. The third kappa shape index (κ3) is 5.47. The van der Waals surface area contributed by atoms with Gasteiger partial charge in [0.15, 0.2) is 0 Å². The maximum Gasteiger partial charge on any atom is 0.106 e. The number of nitriles is 1. The summed E-state index contributed by atoms with van der Waals surface area (Å²) in [5.41, 5.74) is -0.372. The average Bonchev–Trinajstić information content (AvgIpc) is 2.43. The van der Waals surface area contributed by atoms with Crippen LogP contribution in [0.3, 0.4) is 0 Å². The van der Waals surface area contributed by atoms with Crippen LogP contribution in [-0.2, 0) is 0 Å². The highest BCUT2D eigenvalue weighted by molar-refractivity contribution is 9.10. The van der Waals surface area contributed by atoms with E-state index in [1.807, 2.05) is 17.8 Å². The van der Waals surface area contributed by atoms with Crippen molar-refractivity contribution in [2.45, 2.75) is 56.5 Å². The molecule has 0 radical (unpaired) electrons. The fraction of sp³-hybridized carbons (Fsp3) is 0.562. The SMILES string of the molecule is CCC(C#N)(CCCSc1ccccc1Br)NC(C)C. The Morgan fingerprint density at radius 2 is 2.10 bits per heavy atom. The van der Waals surface area contributed by atoms with Crippen LogP contribution in [0.4, 0.5) is 0 Å². The zero-order valence-electron chi connectivity index (χ0n) is 12.4. The quantitative estimate of drug-likeness (QED) is 0.527. The van der Waals surface area contributed by atoms with Gasteiger partial charge in [0.25, 0.3) is 0 Å². The van der Waals surface area contributed by atoms with E-state index >= 15 is 0 Å². The Balaban J connectivity index is 2.46. The summed E-state index contributed by atoms with van der Waals surface area (Å²) in [6, 6.07) is 11.1. The summed E-state index contributed by atoms with van der Waals surface area (Å²) in [7, 11) is 0. The van der Waals surface area contributed by atoms with Crippen LogP contribution < -0.4 is 5.32 Å². The standard InChI is InChI=1S/C16H23BrN2S/c1-4-16(12-18,19-13(2)3)10-7-11-20-15-9-6-5-8-14(15)17/h5-6,8-9,13,19H,4,7,10-11H2,1-3H3. The van der Waals surface area contributed by atoms with Crippen molar-refractivity contribution in [1.29, 1.82) is 5.26 Å². The number of thioether (sulfide) groups is 1. The lowest BCUT2D eigenvalue weighted by Gasteiger charge is -2.29. The van der Waals surface area contributed by atoms with Crippen molar-refractivity contribution in [3.05, 3.63) is 28.7 Å². The van der Waals surface area contributed by atoms with Crippen LogP contribution in [0.5, 0.6) is 0 Å². The molecule has 0 aliphatic carbocycles. The molecule has 4 heteroatoms. The van der Waals surface area contributed by atoms with Crippen LogP contribution in [0.1, 0.15) is 40.0 Å². The third-order valence-electron chi connectivity index (χ3n) is 3.22. The van der Waals surface area contributed by atoms with Gasteiger partial charge in [-0.05, 0) is 66.9 Å². The van der Waals surface area contributed by atoms with E-state index in [1.165, 1.54) is 4.90 Å². The highest BCUT2D eigenvalue weighted by atomic mass is 79.9. The molecule has 1 rings (SSSR count). The molecule has 1 N–H and O–H groups in total. The van der Waals surface area contributed by atoms with Crippen LogP contribution in [0, 0.1) is 11.3 Å². The van der Waals surface area contributed by atoms with E-state index in [9.17, 15) is 5.26 Å². The molecular weight excluding hydrogens is 332 g/mol. The smallest absolute Gasteiger partial charge is 0.106 e. The van der Waals surface area contributed by atoms with E-state index in [2.05, 4.69) is 66.3 Å². The van der Waals surface area contributed by atoms with Gasteiger partial charge in [0.05, 0.1) is 6.07 Å². The van der Waals surface area contributed by atoms with Crippen LogP contribution in [-0.4, -0.2) is 17.3 Å². The van der Waals surface area contributed by atoms with Gasteiger partial charge in [-0.1, -0.05) is 19.1 Å². The molecule has 0 heterocycles. The van der Waals surface area contributed by atoms with Crippen molar-refractivity contribution in [2.75, 3.05) is 5.75 Å². The third-order valence-corrected chi connectivity index (χ3v) is 5.34. The summed E-state index contributed by atoms with van der Waals surface area (Å²) in [5.74, 6) is 1.03. The van der Waals surface area contributed by atoms with Crippen molar-refractivity contribution >= 4 is 27.7 Å². The summed E-state index contributed by atoms with van der Waals surface area (Å²) < 4.78 is 1.15. The van der Waals surface area contributed by atoms with Crippen molar-refractivity contribution in [3.63, 3.8) is 0 Å². The largest absolute Gasteiger partial charge is 0.297 e. The summed E-state index contributed by atoms with van der Waals surface area (Å²) in [6.45, 7) is 6.27. The zero-order valence-corrected chi connectivity index (χ0v) is 14.9. The Morgan fingerprint density at radius 1 is 1.40 bits per heavy atom. The topological polar surface area (TPSA) is 35.8 Å². The van der Waals surface area contributed by atoms with Crippen molar-refractivity contribution in [3.8, 4) is 6.07 Å². The van der Waals surface area contributed by atoms with Gasteiger partial charge in [-0.15, -0.1) is 11.8 Å². The first kappa shape index (κ1) is 17.6. The van der Waals surface area contributed by atoms with Gasteiger partial charge in [0.2, 0.25) is 0 Å². The Morgan fingerprint density at radius 3 is 2.65 bits per heavy atom. The van der Waals surface area contributed by atoms with Crippen molar-refractivity contribution in [2.24, 2.45) is 0 Å². The maximum absolute atomic E-state index is 9.46. The normalized spacial score (nSPS) is 14.0. The Bertz CT molecular complexity index is 456. The molecule has 1 unspecified atom stereocenters. The van der Waals surface area contributed by atoms with E-state index in [0.29, 0.717) is 6.04 Å². The molecule has 0 amide bonds. The second-order valence-corrected chi connectivity index (χ2v) is 7.22. The van der Waals surface area contributed by atoms with Gasteiger partial charge in [-0.25, -0.2) is 0 Å². The zero-order chi connectivity index (χ0) is 15.0. The van der Waals surface area contributed by atoms with Gasteiger partial charge in [0, 0.05) is 15.4 Å². The molecule has 0 saturated heterocycles. The van der Waals surface area contributed by atoms with Gasteiger partial charge < -0.3 is 0 Å². The summed E-state index contributed by atoms with van der Waals surface area (Å²) in [5, 5.41) is 12.9. The molecule has 2 nitrogen and oxygen atoms in total. The predicted molar refractivity (Wildman–Crippen MR) is 91.0 cm³/mol. The minimum absolute atomic E-state index is 0.338. The molecule has 0 aliphatic heterocycles. The lowest BCUT2D eigenvalue weighted by atomic mass is 9.91. The fourth-order valence-corrected chi connectivity index (χ4v) is 3.71. The number of halogens is 1. The second-order valence-electron chi connectivity index (χ2n) is 5.23. The molecule has 1 aromatic rings. The Labute approximate surface area is 135 Å². The van der Waals surface area contributed by atoms with Crippen LogP contribution in [0.2, 0.25) is 0 Å². The van der Waals surface area contributed by atoms with Crippen molar-refractivity contribution < 1.29 is 0 Å². The Kier molecular flexibility index (Phi) is 7.65. The number of nitrogens with one attached hydrogen (secondary N) is 1. The molecule has 1 atom stereocenters. The minimum atomic E-state index is -0.372. The van der Waals surface area contributed by atoms with Crippen LogP contribution in [0.15, 0.2) is 33.6 Å².